The summed E-state index contributed by atoms with van der Waals surface area (Å²) in [5.41, 5.74) is 4.32. The number of carbonyl (C=O) groups is 1. The maximum atomic E-state index is 13.5. The van der Waals surface area contributed by atoms with E-state index < -0.39 is 0 Å². The molecule has 1 unspecified atom stereocenters. The molecule has 1 aromatic carbocycles. The predicted octanol–water partition coefficient (Wildman–Crippen LogP) is 3.19. The Balaban J connectivity index is 1.86. The third-order valence-corrected chi connectivity index (χ3v) is 5.16. The summed E-state index contributed by atoms with van der Waals surface area (Å²) in [6.07, 6.45) is 4.58. The van der Waals surface area contributed by atoms with Crippen molar-refractivity contribution in [2.24, 2.45) is 7.05 Å². The van der Waals surface area contributed by atoms with E-state index in [1.165, 1.54) is 0 Å². The molecule has 140 valence electrons. The summed E-state index contributed by atoms with van der Waals surface area (Å²) < 4.78 is 7.32. The SMILES string of the molecule is CCC1COCCN1C(=O)c1cc(-c2cnn(C)c2)nc2cc(C)ccc12. The lowest BCUT2D eigenvalue weighted by atomic mass is 10.0. The van der Waals surface area contributed by atoms with E-state index >= 15 is 0 Å². The molecule has 3 aromatic rings. The molecule has 6 nitrogen and oxygen atoms in total. The van der Waals surface area contributed by atoms with Crippen LogP contribution >= 0.6 is 0 Å². The molecule has 0 aliphatic carbocycles. The molecular formula is C21H24N4O2. The molecule has 0 bridgehead atoms. The van der Waals surface area contributed by atoms with Gasteiger partial charge >= 0.3 is 0 Å². The number of hydrogen-bond acceptors (Lipinski definition) is 4. The van der Waals surface area contributed by atoms with Crippen LogP contribution < -0.4 is 0 Å². The van der Waals surface area contributed by atoms with Crippen LogP contribution in [0.1, 0.15) is 29.3 Å². The van der Waals surface area contributed by atoms with E-state index in [9.17, 15) is 4.79 Å². The molecule has 1 aliphatic rings. The van der Waals surface area contributed by atoms with Crippen LogP contribution in [0.2, 0.25) is 0 Å². The fraction of sp³-hybridized carbons (Fsp3) is 0.381. The van der Waals surface area contributed by atoms with Crippen molar-refractivity contribution in [3.05, 3.63) is 47.8 Å². The Kier molecular flexibility index (Phi) is 4.66. The standard InChI is InChI=1S/C21H24N4O2/c1-4-16-13-27-8-7-25(16)21(26)18-10-19(15-11-22-24(3)12-15)23-20-9-14(2)5-6-17(18)20/h5-6,9-12,16H,4,7-8,13H2,1-3H3. The van der Waals surface area contributed by atoms with Gasteiger partial charge in [-0.2, -0.15) is 5.10 Å². The fourth-order valence-corrected chi connectivity index (χ4v) is 3.63. The zero-order valence-electron chi connectivity index (χ0n) is 16.0. The number of fused-ring (bicyclic) bond motifs is 1. The summed E-state index contributed by atoms with van der Waals surface area (Å²) in [6.45, 7) is 5.93. The Bertz CT molecular complexity index is 995. The van der Waals surface area contributed by atoms with Crippen molar-refractivity contribution in [1.29, 1.82) is 0 Å². The van der Waals surface area contributed by atoms with E-state index in [4.69, 9.17) is 9.72 Å². The molecule has 1 fully saturated rings. The quantitative estimate of drug-likeness (QED) is 0.716. The molecule has 1 aliphatic heterocycles. The number of pyridine rings is 1. The molecule has 0 saturated carbocycles. The van der Waals surface area contributed by atoms with E-state index in [1.54, 1.807) is 10.9 Å². The van der Waals surface area contributed by atoms with Crippen LogP contribution in [0.5, 0.6) is 0 Å². The van der Waals surface area contributed by atoms with Crippen molar-refractivity contribution >= 4 is 16.8 Å². The number of morpholine rings is 1. The van der Waals surface area contributed by atoms with E-state index in [0.717, 1.165) is 34.1 Å². The van der Waals surface area contributed by atoms with Crippen LogP contribution in [0, 0.1) is 6.92 Å². The number of hydrogen-bond donors (Lipinski definition) is 0. The van der Waals surface area contributed by atoms with Crippen molar-refractivity contribution in [2.45, 2.75) is 26.3 Å². The minimum Gasteiger partial charge on any atom is -0.377 e. The van der Waals surface area contributed by atoms with Crippen molar-refractivity contribution in [3.8, 4) is 11.3 Å². The second kappa shape index (κ2) is 7.12. The smallest absolute Gasteiger partial charge is 0.255 e. The van der Waals surface area contributed by atoms with Crippen molar-refractivity contribution in [1.82, 2.24) is 19.7 Å². The summed E-state index contributed by atoms with van der Waals surface area (Å²) in [7, 11) is 1.88. The molecule has 6 heteroatoms. The number of aryl methyl sites for hydroxylation is 2. The Labute approximate surface area is 158 Å². The molecule has 1 saturated heterocycles. The van der Waals surface area contributed by atoms with Gasteiger partial charge in [-0.1, -0.05) is 19.1 Å². The normalized spacial score (nSPS) is 17.4. The highest BCUT2D eigenvalue weighted by atomic mass is 16.5. The number of carbonyl (C=O) groups excluding carboxylic acids is 1. The molecule has 0 spiro atoms. The number of benzene rings is 1. The molecule has 1 atom stereocenters. The van der Waals surface area contributed by atoms with Gasteiger partial charge < -0.3 is 9.64 Å². The molecule has 3 heterocycles. The Morgan fingerprint density at radius 1 is 1.33 bits per heavy atom. The largest absolute Gasteiger partial charge is 0.377 e. The van der Waals surface area contributed by atoms with Crippen LogP contribution in [0.3, 0.4) is 0 Å². The van der Waals surface area contributed by atoms with E-state index in [2.05, 4.69) is 12.0 Å². The van der Waals surface area contributed by atoms with Gasteiger partial charge in [0.15, 0.2) is 0 Å². The second-order valence-corrected chi connectivity index (χ2v) is 7.11. The van der Waals surface area contributed by atoms with E-state index in [0.29, 0.717) is 25.3 Å². The lowest BCUT2D eigenvalue weighted by Gasteiger charge is -2.35. The Morgan fingerprint density at radius 2 is 2.19 bits per heavy atom. The first kappa shape index (κ1) is 17.7. The van der Waals surface area contributed by atoms with E-state index in [1.807, 2.05) is 49.3 Å². The Morgan fingerprint density at radius 3 is 2.93 bits per heavy atom. The third kappa shape index (κ3) is 3.32. The lowest BCUT2D eigenvalue weighted by Crippen LogP contribution is -2.48. The van der Waals surface area contributed by atoms with Gasteiger partial charge in [-0.15, -0.1) is 0 Å². The van der Waals surface area contributed by atoms with Gasteiger partial charge in [0.2, 0.25) is 0 Å². The van der Waals surface area contributed by atoms with Crippen molar-refractivity contribution in [3.63, 3.8) is 0 Å². The highest BCUT2D eigenvalue weighted by Crippen LogP contribution is 2.27. The highest BCUT2D eigenvalue weighted by molar-refractivity contribution is 6.07. The first-order chi connectivity index (χ1) is 13.1. The molecule has 0 radical (unpaired) electrons. The number of ether oxygens (including phenoxy) is 1. The number of nitrogens with zero attached hydrogens (tertiary/aromatic N) is 4. The van der Waals surface area contributed by atoms with Crippen LogP contribution in [-0.4, -0.2) is 51.4 Å². The van der Waals surface area contributed by atoms with Gasteiger partial charge in [0.05, 0.1) is 42.2 Å². The van der Waals surface area contributed by atoms with Gasteiger partial charge in [-0.3, -0.25) is 9.48 Å². The first-order valence-corrected chi connectivity index (χ1v) is 9.36. The topological polar surface area (TPSA) is 60.2 Å². The lowest BCUT2D eigenvalue weighted by molar-refractivity contribution is -0.00269. The third-order valence-electron chi connectivity index (χ3n) is 5.16. The maximum Gasteiger partial charge on any atom is 0.255 e. The summed E-state index contributed by atoms with van der Waals surface area (Å²) in [6, 6.07) is 8.07. The van der Waals surface area contributed by atoms with Crippen molar-refractivity contribution < 1.29 is 9.53 Å². The monoisotopic (exact) mass is 364 g/mol. The number of amides is 1. The number of aromatic nitrogens is 3. The average Bonchev–Trinajstić information content (AvgIpc) is 3.12. The molecule has 2 aromatic heterocycles. The molecule has 1 amide bonds. The van der Waals surface area contributed by atoms with Gasteiger partial charge in [-0.25, -0.2) is 4.98 Å². The summed E-state index contributed by atoms with van der Waals surface area (Å²) in [5, 5.41) is 5.13. The first-order valence-electron chi connectivity index (χ1n) is 9.36. The van der Waals surface area contributed by atoms with Crippen LogP contribution in [0.25, 0.3) is 22.2 Å². The molecular weight excluding hydrogens is 340 g/mol. The molecule has 27 heavy (non-hydrogen) atoms. The highest BCUT2D eigenvalue weighted by Gasteiger charge is 2.28. The zero-order valence-corrected chi connectivity index (χ0v) is 16.0. The van der Waals surface area contributed by atoms with Crippen LogP contribution in [0.15, 0.2) is 36.7 Å². The minimum absolute atomic E-state index is 0.0477. The average molecular weight is 364 g/mol. The van der Waals surface area contributed by atoms with Crippen LogP contribution in [-0.2, 0) is 11.8 Å². The molecule has 0 N–H and O–H groups in total. The minimum atomic E-state index is 0.0477. The zero-order chi connectivity index (χ0) is 19.0. The van der Waals surface area contributed by atoms with E-state index in [-0.39, 0.29) is 11.9 Å². The Hall–Kier alpha value is -2.73. The van der Waals surface area contributed by atoms with Gasteiger partial charge in [0.25, 0.3) is 5.91 Å². The second-order valence-electron chi connectivity index (χ2n) is 7.11. The van der Waals surface area contributed by atoms with Gasteiger partial charge in [0, 0.05) is 30.7 Å². The summed E-state index contributed by atoms with van der Waals surface area (Å²) in [5.74, 6) is 0.0477. The van der Waals surface area contributed by atoms with Gasteiger partial charge in [-0.05, 0) is 31.0 Å². The molecule has 4 rings (SSSR count). The predicted molar refractivity (Wildman–Crippen MR) is 105 cm³/mol. The number of rotatable bonds is 3. The fourth-order valence-electron chi connectivity index (χ4n) is 3.63. The summed E-state index contributed by atoms with van der Waals surface area (Å²) >= 11 is 0. The van der Waals surface area contributed by atoms with Gasteiger partial charge in [0.1, 0.15) is 0 Å². The summed E-state index contributed by atoms with van der Waals surface area (Å²) in [4.78, 5) is 20.2. The van der Waals surface area contributed by atoms with Crippen LogP contribution in [0.4, 0.5) is 0 Å². The van der Waals surface area contributed by atoms with Crippen molar-refractivity contribution in [2.75, 3.05) is 19.8 Å². The maximum absolute atomic E-state index is 13.5.